The van der Waals surface area contributed by atoms with Gasteiger partial charge in [-0.25, -0.2) is 0 Å². The number of carbonyl (C=O) groups is 2. The third-order valence-corrected chi connectivity index (χ3v) is 5.91. The molecule has 1 aromatic heterocycles. The van der Waals surface area contributed by atoms with Gasteiger partial charge >= 0.3 is 0 Å². The molecule has 1 aromatic carbocycles. The minimum atomic E-state index is 0.0626. The number of carbonyl (C=O) groups excluding carboxylic acids is 2. The minimum absolute atomic E-state index is 0.0626. The van der Waals surface area contributed by atoms with Gasteiger partial charge in [0, 0.05) is 31.4 Å². The van der Waals surface area contributed by atoms with Crippen molar-refractivity contribution in [1.29, 1.82) is 0 Å². The topological polar surface area (TPSA) is 78.7 Å². The Labute approximate surface area is 198 Å². The van der Waals surface area contributed by atoms with E-state index < -0.39 is 0 Å². The molecule has 2 aromatic rings. The first kappa shape index (κ1) is 26.6. The summed E-state index contributed by atoms with van der Waals surface area (Å²) in [6, 6.07) is 10.5. The molecule has 0 radical (unpaired) electrons. The molecule has 0 bridgehead atoms. The highest BCUT2D eigenvalue weighted by atomic mass is 16.5. The Kier molecular flexibility index (Phi) is 11.7. The molecule has 0 saturated carbocycles. The van der Waals surface area contributed by atoms with Crippen LogP contribution >= 0.6 is 0 Å². The number of hydrogen-bond donors (Lipinski definition) is 1. The molecule has 33 heavy (non-hydrogen) atoms. The Morgan fingerprint density at radius 1 is 1.12 bits per heavy atom. The van der Waals surface area contributed by atoms with Crippen LogP contribution < -0.4 is 10.2 Å². The molecule has 2 aliphatic heterocycles. The Bertz CT molecular complexity index is 828. The van der Waals surface area contributed by atoms with Crippen LogP contribution in [0, 0.1) is 6.92 Å². The van der Waals surface area contributed by atoms with E-state index in [4.69, 9.17) is 4.52 Å². The van der Waals surface area contributed by atoms with Crippen molar-refractivity contribution in [3.63, 3.8) is 0 Å². The summed E-state index contributed by atoms with van der Waals surface area (Å²) in [5.41, 5.74) is 3.30. The number of benzene rings is 1. The van der Waals surface area contributed by atoms with E-state index in [1.54, 1.807) is 6.07 Å². The van der Waals surface area contributed by atoms with Gasteiger partial charge in [0.15, 0.2) is 0 Å². The third kappa shape index (κ3) is 8.65. The molecule has 1 unspecified atom stereocenters. The normalized spacial score (nSPS) is 17.9. The van der Waals surface area contributed by atoms with Crippen molar-refractivity contribution in [2.45, 2.75) is 71.9 Å². The van der Waals surface area contributed by atoms with E-state index in [1.807, 2.05) is 27.8 Å². The lowest BCUT2D eigenvalue weighted by Crippen LogP contribution is -2.41. The van der Waals surface area contributed by atoms with Crippen LogP contribution in [-0.4, -0.2) is 55.0 Å². The van der Waals surface area contributed by atoms with Crippen molar-refractivity contribution in [3.8, 4) is 0 Å². The largest absolute Gasteiger partial charge is 0.372 e. The number of aldehydes is 1. The van der Waals surface area contributed by atoms with Crippen LogP contribution in [0.4, 0.5) is 5.69 Å². The number of aryl methyl sites for hydroxylation is 1. The number of amides is 1. The maximum Gasteiger partial charge on any atom is 0.237 e. The number of hydrogen-bond acceptors (Lipinski definition) is 6. The zero-order chi connectivity index (χ0) is 24.1. The van der Waals surface area contributed by atoms with Gasteiger partial charge in [-0.15, -0.1) is 0 Å². The predicted octanol–water partition coefficient (Wildman–Crippen LogP) is 4.14. The standard InChI is InChI=1S/C18H27N3O.C6H7NO2.C2H6/c1-20-11-5-6-17(20)18(22)19-14-15-7-9-16(10-8-15)21-12-3-2-4-13-21;1-5-4-6(2-3-8)9-7-5;1-2/h7-10,17H,2-6,11-14H2,1H3,(H,19,22);3-4H,2H2,1H3;1-2H3. The second kappa shape index (κ2) is 14.5. The fourth-order valence-electron chi connectivity index (χ4n) is 4.12. The summed E-state index contributed by atoms with van der Waals surface area (Å²) in [6.45, 7) is 9.82. The quantitative estimate of drug-likeness (QED) is 0.658. The van der Waals surface area contributed by atoms with E-state index in [2.05, 4.69) is 44.5 Å². The van der Waals surface area contributed by atoms with Gasteiger partial charge in [-0.05, 0) is 70.3 Å². The molecular weight excluding hydrogens is 416 g/mol. The molecule has 1 atom stereocenters. The van der Waals surface area contributed by atoms with Gasteiger partial charge in [0.25, 0.3) is 0 Å². The summed E-state index contributed by atoms with van der Waals surface area (Å²) < 4.78 is 4.72. The van der Waals surface area contributed by atoms with Crippen LogP contribution in [0.1, 0.15) is 63.0 Å². The first-order valence-corrected chi connectivity index (χ1v) is 12.2. The molecule has 2 saturated heterocycles. The zero-order valence-corrected chi connectivity index (χ0v) is 20.7. The summed E-state index contributed by atoms with van der Waals surface area (Å²) in [7, 11) is 2.03. The van der Waals surface area contributed by atoms with Crippen molar-refractivity contribution >= 4 is 17.9 Å². The number of nitrogens with one attached hydrogen (secondary N) is 1. The molecule has 4 rings (SSSR count). The van der Waals surface area contributed by atoms with Crippen LogP contribution in [0.15, 0.2) is 34.9 Å². The first-order chi connectivity index (χ1) is 16.1. The SMILES string of the molecule is CC.CN1CCCC1C(=O)NCc1ccc(N2CCCCC2)cc1.Cc1cc(CC=O)on1. The monoisotopic (exact) mass is 456 g/mol. The minimum Gasteiger partial charge on any atom is -0.372 e. The Hall–Kier alpha value is -2.67. The van der Waals surface area contributed by atoms with E-state index in [1.165, 1.54) is 43.6 Å². The molecule has 0 spiro atoms. The molecule has 182 valence electrons. The van der Waals surface area contributed by atoms with Crippen LogP contribution in [0.25, 0.3) is 0 Å². The molecule has 3 heterocycles. The lowest BCUT2D eigenvalue weighted by atomic mass is 10.1. The van der Waals surface area contributed by atoms with Crippen molar-refractivity contribution in [3.05, 3.63) is 47.3 Å². The van der Waals surface area contributed by atoms with Crippen LogP contribution in [0.2, 0.25) is 0 Å². The van der Waals surface area contributed by atoms with E-state index in [0.717, 1.165) is 31.4 Å². The number of likely N-dealkylation sites (tertiary alicyclic amines) is 1. The van der Waals surface area contributed by atoms with Crippen molar-refractivity contribution in [1.82, 2.24) is 15.4 Å². The smallest absolute Gasteiger partial charge is 0.237 e. The average molecular weight is 457 g/mol. The second-order valence-electron chi connectivity index (χ2n) is 8.38. The maximum atomic E-state index is 12.2. The summed E-state index contributed by atoms with van der Waals surface area (Å²) in [6.07, 6.45) is 7.17. The number of aromatic nitrogens is 1. The van der Waals surface area contributed by atoms with Gasteiger partial charge in [-0.3, -0.25) is 9.69 Å². The van der Waals surface area contributed by atoms with Crippen molar-refractivity contribution in [2.24, 2.45) is 0 Å². The molecule has 1 amide bonds. The number of piperidine rings is 1. The molecule has 2 fully saturated rings. The van der Waals surface area contributed by atoms with Gasteiger partial charge in [-0.1, -0.05) is 31.1 Å². The molecule has 7 heteroatoms. The summed E-state index contributed by atoms with van der Waals surface area (Å²) in [4.78, 5) is 26.7. The predicted molar refractivity (Wildman–Crippen MR) is 132 cm³/mol. The van der Waals surface area contributed by atoms with Gasteiger partial charge < -0.3 is 19.5 Å². The highest BCUT2D eigenvalue weighted by Crippen LogP contribution is 2.20. The van der Waals surface area contributed by atoms with E-state index >= 15 is 0 Å². The van der Waals surface area contributed by atoms with Gasteiger partial charge in [-0.2, -0.15) is 0 Å². The molecular formula is C26H40N4O3. The van der Waals surface area contributed by atoms with Crippen LogP contribution in [-0.2, 0) is 22.6 Å². The lowest BCUT2D eigenvalue weighted by molar-refractivity contribution is -0.125. The van der Waals surface area contributed by atoms with Gasteiger partial charge in [0.2, 0.25) is 5.91 Å². The van der Waals surface area contributed by atoms with Gasteiger partial charge in [0.05, 0.1) is 18.2 Å². The van der Waals surface area contributed by atoms with E-state index in [-0.39, 0.29) is 11.9 Å². The number of likely N-dealkylation sites (N-methyl/N-ethyl adjacent to an activating group) is 1. The maximum absolute atomic E-state index is 12.2. The molecule has 1 N–H and O–H groups in total. The zero-order valence-electron chi connectivity index (χ0n) is 20.7. The fourth-order valence-corrected chi connectivity index (χ4v) is 4.12. The third-order valence-electron chi connectivity index (χ3n) is 5.91. The first-order valence-electron chi connectivity index (χ1n) is 12.2. The second-order valence-corrected chi connectivity index (χ2v) is 8.38. The molecule has 0 aliphatic carbocycles. The average Bonchev–Trinajstić information content (AvgIpc) is 3.48. The summed E-state index contributed by atoms with van der Waals surface area (Å²) in [5, 5.41) is 6.68. The van der Waals surface area contributed by atoms with Crippen LogP contribution in [0.3, 0.4) is 0 Å². The van der Waals surface area contributed by atoms with Gasteiger partial charge in [0.1, 0.15) is 12.0 Å². The van der Waals surface area contributed by atoms with E-state index in [9.17, 15) is 9.59 Å². The number of anilines is 1. The Morgan fingerprint density at radius 2 is 1.82 bits per heavy atom. The Morgan fingerprint density at radius 3 is 2.36 bits per heavy atom. The summed E-state index contributed by atoms with van der Waals surface area (Å²) in [5.74, 6) is 0.794. The number of nitrogens with zero attached hydrogens (tertiary/aromatic N) is 3. The van der Waals surface area contributed by atoms with Crippen molar-refractivity contribution in [2.75, 3.05) is 31.6 Å². The van der Waals surface area contributed by atoms with Crippen molar-refractivity contribution < 1.29 is 14.1 Å². The Balaban J connectivity index is 0.000000293. The summed E-state index contributed by atoms with van der Waals surface area (Å²) >= 11 is 0. The van der Waals surface area contributed by atoms with Crippen LogP contribution in [0.5, 0.6) is 0 Å². The fraction of sp³-hybridized carbons (Fsp3) is 0.577. The highest BCUT2D eigenvalue weighted by Gasteiger charge is 2.27. The number of rotatable bonds is 6. The van der Waals surface area contributed by atoms with E-state index in [0.29, 0.717) is 18.7 Å². The highest BCUT2D eigenvalue weighted by molar-refractivity contribution is 5.82. The molecule has 7 nitrogen and oxygen atoms in total. The molecule has 2 aliphatic rings. The lowest BCUT2D eigenvalue weighted by Gasteiger charge is -2.28.